The normalized spacial score (nSPS) is 20.0. The van der Waals surface area contributed by atoms with Crippen LogP contribution in [0, 0.1) is 0 Å². The number of carbonyl (C=O) groups is 1. The fourth-order valence-corrected chi connectivity index (χ4v) is 5.10. The number of benzene rings is 1. The number of imidazole rings is 1. The summed E-state index contributed by atoms with van der Waals surface area (Å²) in [5.41, 5.74) is 2.64. The van der Waals surface area contributed by atoms with Crippen molar-refractivity contribution in [2.45, 2.75) is 31.0 Å². The molecule has 0 saturated carbocycles. The van der Waals surface area contributed by atoms with E-state index in [1.807, 2.05) is 52.0 Å². The number of amides is 1. The number of halogens is 1. The van der Waals surface area contributed by atoms with Gasteiger partial charge in [-0.2, -0.15) is 0 Å². The molecule has 172 valence electrons. The SMILES string of the molecule is O=C(CC(c1ccc2c(c1)OCO2)c1cnc2ccc(Cl)cn12)N1CCC2(CC1)OCCO2. The average Bonchev–Trinajstić information content (AvgIpc) is 3.57. The van der Waals surface area contributed by atoms with Gasteiger partial charge in [0.15, 0.2) is 17.3 Å². The first-order chi connectivity index (χ1) is 16.1. The zero-order valence-electron chi connectivity index (χ0n) is 18.0. The number of ether oxygens (including phenoxy) is 4. The lowest BCUT2D eigenvalue weighted by Crippen LogP contribution is -2.47. The van der Waals surface area contributed by atoms with Crippen molar-refractivity contribution in [3.05, 3.63) is 59.0 Å². The van der Waals surface area contributed by atoms with Gasteiger partial charge in [-0.05, 0) is 29.8 Å². The van der Waals surface area contributed by atoms with Gasteiger partial charge in [-0.25, -0.2) is 4.98 Å². The molecule has 3 aromatic rings. The lowest BCUT2D eigenvalue weighted by molar-refractivity contribution is -0.187. The van der Waals surface area contributed by atoms with Crippen LogP contribution in [-0.4, -0.2) is 59.1 Å². The van der Waals surface area contributed by atoms with Gasteiger partial charge in [0.1, 0.15) is 5.65 Å². The molecule has 6 rings (SSSR count). The lowest BCUT2D eigenvalue weighted by atomic mass is 9.91. The van der Waals surface area contributed by atoms with Gasteiger partial charge in [-0.15, -0.1) is 0 Å². The molecule has 2 aromatic heterocycles. The zero-order chi connectivity index (χ0) is 22.4. The molecule has 9 heteroatoms. The fourth-order valence-electron chi connectivity index (χ4n) is 4.94. The van der Waals surface area contributed by atoms with Crippen molar-refractivity contribution < 1.29 is 23.7 Å². The second kappa shape index (κ2) is 8.20. The van der Waals surface area contributed by atoms with E-state index in [4.69, 9.17) is 30.5 Å². The highest BCUT2D eigenvalue weighted by molar-refractivity contribution is 6.30. The molecule has 33 heavy (non-hydrogen) atoms. The van der Waals surface area contributed by atoms with Gasteiger partial charge in [0.25, 0.3) is 0 Å². The van der Waals surface area contributed by atoms with Crippen LogP contribution in [0.5, 0.6) is 11.5 Å². The van der Waals surface area contributed by atoms with Gasteiger partial charge in [0.05, 0.1) is 23.9 Å². The Morgan fingerprint density at radius 1 is 1.09 bits per heavy atom. The summed E-state index contributed by atoms with van der Waals surface area (Å²) in [5.74, 6) is 0.749. The number of rotatable bonds is 4. The van der Waals surface area contributed by atoms with Crippen molar-refractivity contribution in [2.75, 3.05) is 33.1 Å². The van der Waals surface area contributed by atoms with E-state index in [2.05, 4.69) is 4.98 Å². The molecule has 2 saturated heterocycles. The number of fused-ring (bicyclic) bond motifs is 2. The van der Waals surface area contributed by atoms with Crippen molar-refractivity contribution in [2.24, 2.45) is 0 Å². The van der Waals surface area contributed by atoms with Crippen LogP contribution >= 0.6 is 11.6 Å². The molecule has 8 nitrogen and oxygen atoms in total. The van der Waals surface area contributed by atoms with Crippen LogP contribution in [0.1, 0.15) is 36.4 Å². The first-order valence-corrected chi connectivity index (χ1v) is 11.6. The zero-order valence-corrected chi connectivity index (χ0v) is 18.8. The van der Waals surface area contributed by atoms with Crippen LogP contribution in [0.4, 0.5) is 0 Å². The maximum absolute atomic E-state index is 13.4. The molecule has 1 amide bonds. The monoisotopic (exact) mass is 469 g/mol. The number of pyridine rings is 1. The molecule has 1 aromatic carbocycles. The number of carbonyl (C=O) groups excluding carboxylic acids is 1. The average molecular weight is 470 g/mol. The minimum absolute atomic E-state index is 0.0856. The summed E-state index contributed by atoms with van der Waals surface area (Å²) in [7, 11) is 0. The third-order valence-electron chi connectivity index (χ3n) is 6.72. The number of aromatic nitrogens is 2. The Morgan fingerprint density at radius 3 is 2.70 bits per heavy atom. The van der Waals surface area contributed by atoms with Crippen LogP contribution in [0.3, 0.4) is 0 Å². The molecule has 5 heterocycles. The first kappa shape index (κ1) is 20.8. The molecule has 0 radical (unpaired) electrons. The number of likely N-dealkylation sites (tertiary alicyclic amines) is 1. The molecule has 0 bridgehead atoms. The third-order valence-corrected chi connectivity index (χ3v) is 6.95. The smallest absolute Gasteiger partial charge is 0.231 e. The molecule has 0 aliphatic carbocycles. The first-order valence-electron chi connectivity index (χ1n) is 11.2. The van der Waals surface area contributed by atoms with Crippen LogP contribution in [-0.2, 0) is 14.3 Å². The van der Waals surface area contributed by atoms with E-state index >= 15 is 0 Å². The highest BCUT2D eigenvalue weighted by atomic mass is 35.5. The van der Waals surface area contributed by atoms with Gasteiger partial charge in [-0.1, -0.05) is 17.7 Å². The van der Waals surface area contributed by atoms with E-state index in [0.717, 1.165) is 16.9 Å². The lowest BCUT2D eigenvalue weighted by Gasteiger charge is -2.38. The van der Waals surface area contributed by atoms with Crippen molar-refractivity contribution in [3.63, 3.8) is 0 Å². The summed E-state index contributed by atoms with van der Waals surface area (Å²) in [6.07, 6.45) is 5.34. The number of hydrogen-bond donors (Lipinski definition) is 0. The second-order valence-corrected chi connectivity index (χ2v) is 9.05. The highest BCUT2D eigenvalue weighted by Crippen LogP contribution is 2.39. The second-order valence-electron chi connectivity index (χ2n) is 8.62. The van der Waals surface area contributed by atoms with E-state index in [-0.39, 0.29) is 18.6 Å². The molecule has 1 spiro atoms. The summed E-state index contributed by atoms with van der Waals surface area (Å²) in [5, 5.41) is 0.607. The van der Waals surface area contributed by atoms with Crippen molar-refractivity contribution in [3.8, 4) is 11.5 Å². The van der Waals surface area contributed by atoms with Gasteiger partial charge >= 0.3 is 0 Å². The highest BCUT2D eigenvalue weighted by Gasteiger charge is 2.41. The van der Waals surface area contributed by atoms with Crippen LogP contribution < -0.4 is 9.47 Å². The van der Waals surface area contributed by atoms with Crippen molar-refractivity contribution in [1.29, 1.82) is 0 Å². The predicted molar refractivity (Wildman–Crippen MR) is 120 cm³/mol. The third kappa shape index (κ3) is 3.82. The number of nitrogens with zero attached hydrogens (tertiary/aromatic N) is 3. The fraction of sp³-hybridized carbons (Fsp3) is 0.417. The minimum Gasteiger partial charge on any atom is -0.454 e. The Hall–Kier alpha value is -2.81. The molecule has 1 unspecified atom stereocenters. The summed E-state index contributed by atoms with van der Waals surface area (Å²) >= 11 is 6.28. The standard InChI is InChI=1S/C24H24ClN3O5/c25-17-2-4-22-26-13-19(28(22)14-17)18(16-1-3-20-21(11-16)31-15-30-20)12-23(29)27-7-5-24(6-8-27)32-9-10-33-24/h1-4,11,13-14,18H,5-10,12,15H2. The topological polar surface area (TPSA) is 74.5 Å². The molecule has 1 atom stereocenters. The minimum atomic E-state index is -0.508. The predicted octanol–water partition coefficient (Wildman–Crippen LogP) is 3.60. The van der Waals surface area contributed by atoms with Crippen LogP contribution in [0.25, 0.3) is 5.65 Å². The summed E-state index contributed by atoms with van der Waals surface area (Å²) in [4.78, 5) is 19.9. The van der Waals surface area contributed by atoms with Crippen LogP contribution in [0.2, 0.25) is 5.02 Å². The molecule has 3 aliphatic rings. The Bertz CT molecular complexity index is 1200. The Kier molecular flexibility index (Phi) is 5.16. The molecule has 0 N–H and O–H groups in total. The van der Waals surface area contributed by atoms with E-state index in [1.165, 1.54) is 0 Å². The Balaban J connectivity index is 1.30. The van der Waals surface area contributed by atoms with E-state index < -0.39 is 5.79 Å². The van der Waals surface area contributed by atoms with E-state index in [1.54, 1.807) is 0 Å². The quantitative estimate of drug-likeness (QED) is 0.581. The maximum Gasteiger partial charge on any atom is 0.231 e. The van der Waals surface area contributed by atoms with Crippen molar-refractivity contribution >= 4 is 23.2 Å². The Labute approximate surface area is 196 Å². The largest absolute Gasteiger partial charge is 0.454 e. The summed E-state index contributed by atoms with van der Waals surface area (Å²) in [6.45, 7) is 2.68. The van der Waals surface area contributed by atoms with Crippen LogP contribution in [0.15, 0.2) is 42.7 Å². The Morgan fingerprint density at radius 2 is 1.88 bits per heavy atom. The van der Waals surface area contributed by atoms with E-state index in [9.17, 15) is 4.79 Å². The molecular weight excluding hydrogens is 446 g/mol. The van der Waals surface area contributed by atoms with Gasteiger partial charge in [0, 0.05) is 50.7 Å². The van der Waals surface area contributed by atoms with Gasteiger partial charge < -0.3 is 28.2 Å². The van der Waals surface area contributed by atoms with Gasteiger partial charge in [-0.3, -0.25) is 4.79 Å². The van der Waals surface area contributed by atoms with E-state index in [0.29, 0.717) is 62.1 Å². The van der Waals surface area contributed by atoms with Gasteiger partial charge in [0.2, 0.25) is 12.7 Å². The maximum atomic E-state index is 13.4. The summed E-state index contributed by atoms with van der Waals surface area (Å²) in [6, 6.07) is 9.52. The van der Waals surface area contributed by atoms with Crippen molar-refractivity contribution in [1.82, 2.24) is 14.3 Å². The number of piperidine rings is 1. The number of hydrogen-bond acceptors (Lipinski definition) is 6. The molecule has 3 aliphatic heterocycles. The molecule has 2 fully saturated rings. The molecular formula is C24H24ClN3O5. The summed E-state index contributed by atoms with van der Waals surface area (Å²) < 4.78 is 24.7.